The first kappa shape index (κ1) is 16.1. The van der Waals surface area contributed by atoms with Gasteiger partial charge in [0.2, 0.25) is 0 Å². The summed E-state index contributed by atoms with van der Waals surface area (Å²) in [5, 5.41) is 20.4. The molecule has 0 bridgehead atoms. The van der Waals surface area contributed by atoms with Crippen LogP contribution >= 0.6 is 11.8 Å². The lowest BCUT2D eigenvalue weighted by Crippen LogP contribution is -2.18. The molecule has 3 rings (SSSR count). The molecule has 23 heavy (non-hydrogen) atoms. The highest BCUT2D eigenvalue weighted by atomic mass is 32.2. The van der Waals surface area contributed by atoms with E-state index in [4.69, 9.17) is 16.2 Å². The first-order valence-corrected chi connectivity index (χ1v) is 8.74. The molecule has 2 unspecified atom stereocenters. The van der Waals surface area contributed by atoms with Crippen LogP contribution in [0.1, 0.15) is 33.7 Å². The number of nitrogens with two attached hydrogens (primary N) is 1. The lowest BCUT2D eigenvalue weighted by atomic mass is 10.0. The Hall–Kier alpha value is -1.82. The maximum absolute atomic E-state index is 8.98. The second-order valence-corrected chi connectivity index (χ2v) is 6.82. The van der Waals surface area contributed by atoms with Gasteiger partial charge in [0.25, 0.3) is 0 Å². The van der Waals surface area contributed by atoms with Crippen LogP contribution in [0.15, 0.2) is 48.5 Å². The number of hydrogen-bond acceptors (Lipinski definition) is 4. The van der Waals surface area contributed by atoms with E-state index in [-0.39, 0.29) is 17.8 Å². The minimum atomic E-state index is 0.103. The van der Waals surface area contributed by atoms with Crippen LogP contribution in [0.5, 0.6) is 0 Å². The summed E-state index contributed by atoms with van der Waals surface area (Å²) in [7, 11) is 0. The smallest absolute Gasteiger partial charge is 0.122 e. The number of nitrogens with one attached hydrogen (secondary N) is 2. The van der Waals surface area contributed by atoms with E-state index in [1.165, 1.54) is 11.1 Å². The van der Waals surface area contributed by atoms with Crippen molar-refractivity contribution in [3.8, 4) is 0 Å². The summed E-state index contributed by atoms with van der Waals surface area (Å²) in [4.78, 5) is 0. The SMILES string of the molecule is N=C(N)c1ccc(C2CSC(c3ccc(CCO)cc3)N2)cc1. The molecule has 2 atom stereocenters. The molecule has 0 radical (unpaired) electrons. The third kappa shape index (κ3) is 3.75. The van der Waals surface area contributed by atoms with Gasteiger partial charge in [-0.15, -0.1) is 11.8 Å². The highest BCUT2D eigenvalue weighted by Gasteiger charge is 2.26. The van der Waals surface area contributed by atoms with Crippen molar-refractivity contribution in [2.45, 2.75) is 17.8 Å². The van der Waals surface area contributed by atoms with Crippen LogP contribution in [0.4, 0.5) is 0 Å². The molecule has 2 aromatic rings. The van der Waals surface area contributed by atoms with E-state index in [0.29, 0.717) is 12.5 Å². The molecule has 1 aliphatic rings. The quantitative estimate of drug-likeness (QED) is 0.502. The molecule has 120 valence electrons. The zero-order valence-electron chi connectivity index (χ0n) is 12.8. The second kappa shape index (κ2) is 7.17. The predicted molar refractivity (Wildman–Crippen MR) is 95.8 cm³/mol. The van der Waals surface area contributed by atoms with Crippen LogP contribution in [-0.2, 0) is 6.42 Å². The maximum Gasteiger partial charge on any atom is 0.122 e. The van der Waals surface area contributed by atoms with E-state index < -0.39 is 0 Å². The lowest BCUT2D eigenvalue weighted by Gasteiger charge is -2.15. The number of benzene rings is 2. The van der Waals surface area contributed by atoms with E-state index in [9.17, 15) is 0 Å². The molecule has 2 aromatic carbocycles. The Labute approximate surface area is 140 Å². The number of nitrogen functional groups attached to an aromatic ring is 1. The van der Waals surface area contributed by atoms with Crippen molar-refractivity contribution in [2.24, 2.45) is 5.73 Å². The van der Waals surface area contributed by atoms with Gasteiger partial charge in [0.15, 0.2) is 0 Å². The van der Waals surface area contributed by atoms with Crippen molar-refractivity contribution in [1.82, 2.24) is 5.32 Å². The predicted octanol–water partition coefficient (Wildman–Crippen LogP) is 2.58. The molecule has 0 aromatic heterocycles. The minimum absolute atomic E-state index is 0.103. The molecule has 5 heteroatoms. The Morgan fingerprint density at radius 1 is 1.13 bits per heavy atom. The van der Waals surface area contributed by atoms with Gasteiger partial charge in [0, 0.05) is 24.0 Å². The fourth-order valence-electron chi connectivity index (χ4n) is 2.74. The summed E-state index contributed by atoms with van der Waals surface area (Å²) in [6.45, 7) is 0.189. The number of rotatable bonds is 5. The van der Waals surface area contributed by atoms with Crippen molar-refractivity contribution in [1.29, 1.82) is 5.41 Å². The molecule has 0 saturated carbocycles. The van der Waals surface area contributed by atoms with Crippen LogP contribution in [0.3, 0.4) is 0 Å². The normalized spacial score (nSPS) is 20.6. The Morgan fingerprint density at radius 3 is 2.39 bits per heavy atom. The average molecular weight is 327 g/mol. The molecule has 1 heterocycles. The van der Waals surface area contributed by atoms with Crippen molar-refractivity contribution in [3.05, 3.63) is 70.8 Å². The van der Waals surface area contributed by atoms with Gasteiger partial charge in [0.1, 0.15) is 5.84 Å². The minimum Gasteiger partial charge on any atom is -0.396 e. The molecular formula is C18H21N3OS. The zero-order chi connectivity index (χ0) is 16.2. The molecule has 1 fully saturated rings. The first-order chi connectivity index (χ1) is 11.2. The van der Waals surface area contributed by atoms with Gasteiger partial charge in [-0.3, -0.25) is 10.7 Å². The highest BCUT2D eigenvalue weighted by molar-refractivity contribution is 7.99. The van der Waals surface area contributed by atoms with E-state index in [1.54, 1.807) is 0 Å². The van der Waals surface area contributed by atoms with E-state index in [0.717, 1.165) is 16.9 Å². The molecule has 0 aliphatic carbocycles. The van der Waals surface area contributed by atoms with Gasteiger partial charge in [-0.05, 0) is 23.1 Å². The van der Waals surface area contributed by atoms with Crippen molar-refractivity contribution in [2.75, 3.05) is 12.4 Å². The van der Waals surface area contributed by atoms with E-state index in [1.807, 2.05) is 36.0 Å². The van der Waals surface area contributed by atoms with Gasteiger partial charge in [-0.2, -0.15) is 0 Å². The summed E-state index contributed by atoms with van der Waals surface area (Å²) in [6, 6.07) is 16.6. The summed E-state index contributed by atoms with van der Waals surface area (Å²) in [5.41, 5.74) is 9.91. The molecule has 0 amide bonds. The monoisotopic (exact) mass is 327 g/mol. The number of amidine groups is 1. The summed E-state index contributed by atoms with van der Waals surface area (Å²) >= 11 is 1.90. The number of aliphatic hydroxyl groups is 1. The Balaban J connectivity index is 1.66. The largest absolute Gasteiger partial charge is 0.396 e. The fraction of sp³-hybridized carbons (Fsp3) is 0.278. The third-order valence-corrected chi connectivity index (χ3v) is 5.36. The molecule has 5 N–H and O–H groups in total. The van der Waals surface area contributed by atoms with E-state index >= 15 is 0 Å². The van der Waals surface area contributed by atoms with Gasteiger partial charge in [-0.25, -0.2) is 0 Å². The van der Waals surface area contributed by atoms with Gasteiger partial charge in [0.05, 0.1) is 5.37 Å². The van der Waals surface area contributed by atoms with Crippen LogP contribution < -0.4 is 11.1 Å². The molecule has 1 aliphatic heterocycles. The molecular weight excluding hydrogens is 306 g/mol. The van der Waals surface area contributed by atoms with Gasteiger partial charge < -0.3 is 10.8 Å². The standard InChI is InChI=1S/C18H21N3OS/c19-17(20)14-7-5-13(6-8-14)16-11-23-18(21-16)15-3-1-12(2-4-15)9-10-22/h1-8,16,18,21-22H,9-11H2,(H3,19,20). The number of hydrogen-bond donors (Lipinski definition) is 4. The number of aliphatic hydroxyl groups excluding tert-OH is 1. The summed E-state index contributed by atoms with van der Waals surface area (Å²) < 4.78 is 0. The Morgan fingerprint density at radius 2 is 1.78 bits per heavy atom. The second-order valence-electron chi connectivity index (χ2n) is 5.68. The number of thioether (sulfide) groups is 1. The third-order valence-electron chi connectivity index (χ3n) is 4.09. The zero-order valence-corrected chi connectivity index (χ0v) is 13.6. The Kier molecular flexibility index (Phi) is 5.00. The summed E-state index contributed by atoms with van der Waals surface area (Å²) in [5.74, 6) is 1.12. The van der Waals surface area contributed by atoms with Crippen molar-refractivity contribution < 1.29 is 5.11 Å². The van der Waals surface area contributed by atoms with Crippen molar-refractivity contribution >= 4 is 17.6 Å². The highest BCUT2D eigenvalue weighted by Crippen LogP contribution is 2.38. The topological polar surface area (TPSA) is 82.1 Å². The molecule has 4 nitrogen and oxygen atoms in total. The lowest BCUT2D eigenvalue weighted by molar-refractivity contribution is 0.299. The van der Waals surface area contributed by atoms with Crippen LogP contribution in [-0.4, -0.2) is 23.3 Å². The van der Waals surface area contributed by atoms with Gasteiger partial charge >= 0.3 is 0 Å². The fourth-order valence-corrected chi connectivity index (χ4v) is 4.02. The van der Waals surface area contributed by atoms with Gasteiger partial charge in [-0.1, -0.05) is 48.5 Å². The van der Waals surface area contributed by atoms with Crippen LogP contribution in [0.25, 0.3) is 0 Å². The Bertz CT molecular complexity index is 670. The van der Waals surface area contributed by atoms with Crippen LogP contribution in [0, 0.1) is 5.41 Å². The molecule has 0 spiro atoms. The maximum atomic E-state index is 8.98. The van der Waals surface area contributed by atoms with Crippen molar-refractivity contribution in [3.63, 3.8) is 0 Å². The average Bonchev–Trinajstić information content (AvgIpc) is 3.06. The van der Waals surface area contributed by atoms with E-state index in [2.05, 4.69) is 29.6 Å². The first-order valence-electron chi connectivity index (χ1n) is 7.69. The van der Waals surface area contributed by atoms with Crippen LogP contribution in [0.2, 0.25) is 0 Å². The summed E-state index contributed by atoms with van der Waals surface area (Å²) in [6.07, 6.45) is 0.705. The molecule has 1 saturated heterocycles.